The zero-order valence-corrected chi connectivity index (χ0v) is 12.6. The number of ether oxygens (including phenoxy) is 1. The molecule has 0 fully saturated rings. The minimum Gasteiger partial charge on any atom is -0.491 e. The van der Waals surface area contributed by atoms with E-state index in [9.17, 15) is 5.11 Å². The summed E-state index contributed by atoms with van der Waals surface area (Å²) < 4.78 is 5.81. The Morgan fingerprint density at radius 3 is 3.14 bits per heavy atom. The van der Waals surface area contributed by atoms with Crippen molar-refractivity contribution in [1.82, 2.24) is 4.98 Å². The molecule has 1 aliphatic carbocycles. The second kappa shape index (κ2) is 5.31. The molecule has 1 N–H and O–H groups in total. The summed E-state index contributed by atoms with van der Waals surface area (Å²) in [5.41, 5.74) is 2.10. The molecule has 0 bridgehead atoms. The predicted molar refractivity (Wildman–Crippen MR) is 83.0 cm³/mol. The number of benzene rings is 1. The van der Waals surface area contributed by atoms with Crippen LogP contribution in [0.3, 0.4) is 0 Å². The number of hydrogen-bond donors (Lipinski definition) is 1. The highest BCUT2D eigenvalue weighted by Gasteiger charge is 2.25. The van der Waals surface area contributed by atoms with Crippen LogP contribution in [0.1, 0.15) is 35.1 Å². The van der Waals surface area contributed by atoms with Crippen molar-refractivity contribution in [3.05, 3.63) is 40.4 Å². The van der Waals surface area contributed by atoms with Crippen molar-refractivity contribution in [2.75, 3.05) is 18.1 Å². The number of hydrogen-bond acceptors (Lipinski definition) is 5. The van der Waals surface area contributed by atoms with E-state index in [1.54, 1.807) is 11.3 Å². The highest BCUT2D eigenvalue weighted by molar-refractivity contribution is 7.15. The van der Waals surface area contributed by atoms with E-state index in [1.807, 2.05) is 18.2 Å². The Kier molecular flexibility index (Phi) is 3.31. The molecular formula is C16H18N2O2S. The van der Waals surface area contributed by atoms with Crippen LogP contribution in [0.5, 0.6) is 5.75 Å². The molecule has 0 saturated carbocycles. The molecule has 2 aliphatic rings. The molecule has 0 radical (unpaired) electrons. The standard InChI is InChI=1S/C16H18N2O2S/c19-12-5-3-7-14-15(12)17-16(21-14)18-8-9-20-13-6-2-1-4-11(13)10-18/h1-2,4,6,12,19H,3,5,7-10H2. The summed E-state index contributed by atoms with van der Waals surface area (Å²) in [4.78, 5) is 8.23. The average Bonchev–Trinajstić information content (AvgIpc) is 2.82. The van der Waals surface area contributed by atoms with Gasteiger partial charge >= 0.3 is 0 Å². The van der Waals surface area contributed by atoms with Crippen LogP contribution in [0.4, 0.5) is 5.13 Å². The number of aryl methyl sites for hydroxylation is 1. The number of para-hydroxylation sites is 1. The molecule has 1 aliphatic heterocycles. The molecular weight excluding hydrogens is 284 g/mol. The van der Waals surface area contributed by atoms with Crippen molar-refractivity contribution in [2.45, 2.75) is 31.9 Å². The van der Waals surface area contributed by atoms with Crippen molar-refractivity contribution in [1.29, 1.82) is 0 Å². The Bertz CT molecular complexity index is 655. The van der Waals surface area contributed by atoms with E-state index in [-0.39, 0.29) is 6.10 Å². The fourth-order valence-electron chi connectivity index (χ4n) is 3.01. The molecule has 2 heterocycles. The van der Waals surface area contributed by atoms with Gasteiger partial charge in [-0.25, -0.2) is 4.98 Å². The van der Waals surface area contributed by atoms with Crippen LogP contribution in [0.25, 0.3) is 0 Å². The molecule has 0 amide bonds. The van der Waals surface area contributed by atoms with Crippen molar-refractivity contribution < 1.29 is 9.84 Å². The zero-order valence-electron chi connectivity index (χ0n) is 11.8. The predicted octanol–water partition coefficient (Wildman–Crippen LogP) is 2.91. The van der Waals surface area contributed by atoms with Gasteiger partial charge in [0, 0.05) is 17.0 Å². The summed E-state index contributed by atoms with van der Waals surface area (Å²) in [5, 5.41) is 11.1. The lowest BCUT2D eigenvalue weighted by atomic mass is 10.0. The lowest BCUT2D eigenvalue weighted by molar-refractivity contribution is 0.153. The number of anilines is 1. The fourth-order valence-corrected chi connectivity index (χ4v) is 4.19. The summed E-state index contributed by atoms with van der Waals surface area (Å²) in [7, 11) is 0. The molecule has 5 heteroatoms. The second-order valence-electron chi connectivity index (χ2n) is 5.59. The molecule has 4 nitrogen and oxygen atoms in total. The molecule has 4 rings (SSSR count). The Balaban J connectivity index is 1.65. The monoisotopic (exact) mass is 302 g/mol. The van der Waals surface area contributed by atoms with Gasteiger partial charge in [0.1, 0.15) is 12.4 Å². The Morgan fingerprint density at radius 1 is 1.33 bits per heavy atom. The molecule has 21 heavy (non-hydrogen) atoms. The molecule has 1 unspecified atom stereocenters. The first-order chi connectivity index (χ1) is 10.3. The van der Waals surface area contributed by atoms with Gasteiger partial charge in [-0.3, -0.25) is 0 Å². The van der Waals surface area contributed by atoms with Crippen molar-refractivity contribution in [3.63, 3.8) is 0 Å². The van der Waals surface area contributed by atoms with Crippen LogP contribution in [0, 0.1) is 0 Å². The highest BCUT2D eigenvalue weighted by Crippen LogP contribution is 2.37. The van der Waals surface area contributed by atoms with Gasteiger partial charge in [0.2, 0.25) is 0 Å². The topological polar surface area (TPSA) is 45.6 Å². The van der Waals surface area contributed by atoms with Gasteiger partial charge in [0.25, 0.3) is 0 Å². The van der Waals surface area contributed by atoms with Gasteiger partial charge in [-0.05, 0) is 25.3 Å². The molecule has 1 atom stereocenters. The van der Waals surface area contributed by atoms with E-state index >= 15 is 0 Å². The lowest BCUT2D eigenvalue weighted by Gasteiger charge is -2.18. The first-order valence-electron chi connectivity index (χ1n) is 7.44. The molecule has 110 valence electrons. The number of rotatable bonds is 1. The number of aliphatic hydroxyl groups is 1. The van der Waals surface area contributed by atoms with E-state index in [1.165, 1.54) is 10.4 Å². The number of aromatic nitrogens is 1. The Morgan fingerprint density at radius 2 is 2.24 bits per heavy atom. The van der Waals surface area contributed by atoms with Crippen LogP contribution in [0.2, 0.25) is 0 Å². The van der Waals surface area contributed by atoms with Gasteiger partial charge in [0.15, 0.2) is 5.13 Å². The first kappa shape index (κ1) is 13.1. The van der Waals surface area contributed by atoms with Gasteiger partial charge in [-0.1, -0.05) is 18.2 Å². The van der Waals surface area contributed by atoms with Gasteiger partial charge in [-0.2, -0.15) is 0 Å². The summed E-state index contributed by atoms with van der Waals surface area (Å²) in [6, 6.07) is 8.18. The third-order valence-corrected chi connectivity index (χ3v) is 5.33. The third-order valence-electron chi connectivity index (χ3n) is 4.14. The normalized spacial score (nSPS) is 21.2. The Labute approximate surface area is 128 Å². The SMILES string of the molecule is OC1CCCc2sc(N3CCOc4ccccc4C3)nc21. The minimum atomic E-state index is -0.380. The van der Waals surface area contributed by atoms with Crippen LogP contribution < -0.4 is 9.64 Å². The Hall–Kier alpha value is -1.59. The number of fused-ring (bicyclic) bond motifs is 2. The minimum absolute atomic E-state index is 0.380. The second-order valence-corrected chi connectivity index (χ2v) is 6.65. The van der Waals surface area contributed by atoms with E-state index in [2.05, 4.69) is 11.0 Å². The number of nitrogens with zero attached hydrogens (tertiary/aromatic N) is 2. The van der Waals surface area contributed by atoms with Gasteiger partial charge in [-0.15, -0.1) is 11.3 Å². The lowest BCUT2D eigenvalue weighted by Crippen LogP contribution is -2.25. The van der Waals surface area contributed by atoms with Crippen molar-refractivity contribution in [3.8, 4) is 5.75 Å². The smallest absolute Gasteiger partial charge is 0.186 e. The molecule has 2 aromatic rings. The summed E-state index contributed by atoms with van der Waals surface area (Å²) in [6.45, 7) is 2.32. The van der Waals surface area contributed by atoms with E-state index in [0.29, 0.717) is 6.61 Å². The van der Waals surface area contributed by atoms with E-state index < -0.39 is 0 Å². The molecule has 0 saturated heterocycles. The number of thiazole rings is 1. The van der Waals surface area contributed by atoms with Gasteiger partial charge in [0.05, 0.1) is 18.3 Å². The third kappa shape index (κ3) is 2.40. The fraction of sp³-hybridized carbons (Fsp3) is 0.438. The first-order valence-corrected chi connectivity index (χ1v) is 8.26. The maximum absolute atomic E-state index is 10.1. The van der Waals surface area contributed by atoms with Crippen LogP contribution in [-0.2, 0) is 13.0 Å². The van der Waals surface area contributed by atoms with E-state index in [4.69, 9.17) is 9.72 Å². The summed E-state index contributed by atoms with van der Waals surface area (Å²) in [5.74, 6) is 0.973. The maximum Gasteiger partial charge on any atom is 0.186 e. The molecule has 1 aromatic heterocycles. The van der Waals surface area contributed by atoms with Crippen molar-refractivity contribution in [2.24, 2.45) is 0 Å². The molecule has 1 aromatic carbocycles. The summed E-state index contributed by atoms with van der Waals surface area (Å²) in [6.07, 6.45) is 2.56. The van der Waals surface area contributed by atoms with Crippen LogP contribution >= 0.6 is 11.3 Å². The summed E-state index contributed by atoms with van der Waals surface area (Å²) >= 11 is 1.73. The number of aliphatic hydroxyl groups excluding tert-OH is 1. The quantitative estimate of drug-likeness (QED) is 0.880. The average molecular weight is 302 g/mol. The largest absolute Gasteiger partial charge is 0.491 e. The van der Waals surface area contributed by atoms with Gasteiger partial charge < -0.3 is 14.7 Å². The highest BCUT2D eigenvalue weighted by atomic mass is 32.1. The van der Waals surface area contributed by atoms with E-state index in [0.717, 1.165) is 48.9 Å². The van der Waals surface area contributed by atoms with Crippen LogP contribution in [0.15, 0.2) is 24.3 Å². The van der Waals surface area contributed by atoms with Crippen molar-refractivity contribution >= 4 is 16.5 Å². The maximum atomic E-state index is 10.1. The molecule has 0 spiro atoms. The van der Waals surface area contributed by atoms with Crippen LogP contribution in [-0.4, -0.2) is 23.2 Å². The zero-order chi connectivity index (χ0) is 14.2.